The number of carbonyl (C=O) groups excluding carboxylic acids is 1. The zero-order valence-electron chi connectivity index (χ0n) is 13.5. The number of amidine groups is 1. The monoisotopic (exact) mass is 344 g/mol. The van der Waals surface area contributed by atoms with E-state index in [9.17, 15) is 4.79 Å². The van der Waals surface area contributed by atoms with Crippen LogP contribution in [0.5, 0.6) is 0 Å². The van der Waals surface area contributed by atoms with E-state index in [4.69, 9.17) is 4.74 Å². The van der Waals surface area contributed by atoms with E-state index >= 15 is 0 Å². The lowest BCUT2D eigenvalue weighted by Crippen LogP contribution is -2.26. The molecule has 3 aliphatic rings. The zero-order valence-corrected chi connectivity index (χ0v) is 14.4. The van der Waals surface area contributed by atoms with Gasteiger partial charge in [-0.3, -0.25) is 15.2 Å². The van der Waals surface area contributed by atoms with Crippen LogP contribution in [0.2, 0.25) is 0 Å². The van der Waals surface area contributed by atoms with Gasteiger partial charge in [0.25, 0.3) is 0 Å². The molecule has 4 rings (SSSR count). The molecule has 0 radical (unpaired) electrons. The lowest BCUT2D eigenvalue weighted by Gasteiger charge is -2.16. The molecule has 1 saturated heterocycles. The molecular formula is C17H20N4O2S. The van der Waals surface area contributed by atoms with Crippen LogP contribution in [0, 0.1) is 0 Å². The summed E-state index contributed by atoms with van der Waals surface area (Å²) in [5.41, 5.74) is 7.02. The third-order valence-corrected chi connectivity index (χ3v) is 5.51. The molecule has 2 N–H and O–H groups in total. The molecule has 7 heteroatoms. The average molecular weight is 344 g/mol. The molecule has 0 aromatic heterocycles. The lowest BCUT2D eigenvalue weighted by atomic mass is 9.99. The molecule has 3 aliphatic heterocycles. The SMILES string of the molecule is C[C@@H]1C(=O)Nc2ccc(C3=NNC(=NC[C@H]4CCCO4)SC3)cc21. The van der Waals surface area contributed by atoms with Gasteiger partial charge in [-0.25, -0.2) is 0 Å². The predicted molar refractivity (Wildman–Crippen MR) is 96.9 cm³/mol. The van der Waals surface area contributed by atoms with E-state index in [1.807, 2.05) is 19.1 Å². The Bertz CT molecular complexity index is 725. The maximum absolute atomic E-state index is 11.8. The Morgan fingerprint density at radius 2 is 2.38 bits per heavy atom. The van der Waals surface area contributed by atoms with Crippen molar-refractivity contribution in [2.45, 2.75) is 31.8 Å². The molecule has 2 atom stereocenters. The van der Waals surface area contributed by atoms with Crippen molar-refractivity contribution in [1.82, 2.24) is 5.43 Å². The maximum Gasteiger partial charge on any atom is 0.231 e. The summed E-state index contributed by atoms with van der Waals surface area (Å²) in [7, 11) is 0. The number of ether oxygens (including phenoxy) is 1. The molecule has 126 valence electrons. The summed E-state index contributed by atoms with van der Waals surface area (Å²) >= 11 is 1.65. The minimum absolute atomic E-state index is 0.0591. The van der Waals surface area contributed by atoms with Crippen LogP contribution in [-0.4, -0.2) is 41.8 Å². The first kappa shape index (κ1) is 15.7. The second-order valence-corrected chi connectivity index (χ2v) is 7.22. The molecule has 0 bridgehead atoms. The Balaban J connectivity index is 1.45. The van der Waals surface area contributed by atoms with Gasteiger partial charge in [0, 0.05) is 18.0 Å². The van der Waals surface area contributed by atoms with Gasteiger partial charge in [-0.05, 0) is 43.0 Å². The van der Waals surface area contributed by atoms with Crippen LogP contribution in [0.15, 0.2) is 28.3 Å². The number of fused-ring (bicyclic) bond motifs is 1. The molecule has 6 nitrogen and oxygen atoms in total. The molecule has 1 amide bonds. The van der Waals surface area contributed by atoms with E-state index in [0.717, 1.165) is 52.9 Å². The summed E-state index contributed by atoms with van der Waals surface area (Å²) in [6.45, 7) is 3.48. The number of nitrogens with one attached hydrogen (secondary N) is 2. The van der Waals surface area contributed by atoms with Crippen LogP contribution in [0.1, 0.15) is 36.8 Å². The van der Waals surface area contributed by atoms with E-state index in [-0.39, 0.29) is 17.9 Å². The predicted octanol–water partition coefficient (Wildman–Crippen LogP) is 2.32. The highest BCUT2D eigenvalue weighted by atomic mass is 32.2. The summed E-state index contributed by atoms with van der Waals surface area (Å²) in [5, 5.41) is 8.21. The van der Waals surface area contributed by atoms with Crippen LogP contribution in [0.4, 0.5) is 5.69 Å². The normalized spacial score (nSPS) is 27.6. The van der Waals surface area contributed by atoms with Crippen molar-refractivity contribution < 1.29 is 9.53 Å². The second-order valence-electron chi connectivity index (χ2n) is 6.25. The number of rotatable bonds is 3. The van der Waals surface area contributed by atoms with E-state index in [2.05, 4.69) is 26.9 Å². The standard InChI is InChI=1S/C17H20N4O2S/c1-10-13-7-11(4-5-14(13)19-16(10)22)15-9-24-17(21-20-15)18-8-12-3-2-6-23-12/h4-5,7,10,12H,2-3,6,8-9H2,1H3,(H,18,21)(H,19,22)/t10-,12+/m0/s1. The number of thioether (sulfide) groups is 1. The van der Waals surface area contributed by atoms with E-state index in [0.29, 0.717) is 6.54 Å². The van der Waals surface area contributed by atoms with Crippen molar-refractivity contribution in [1.29, 1.82) is 0 Å². The van der Waals surface area contributed by atoms with Crippen molar-refractivity contribution >= 4 is 34.2 Å². The summed E-state index contributed by atoms with van der Waals surface area (Å²) in [4.78, 5) is 16.3. The topological polar surface area (TPSA) is 75.1 Å². The zero-order chi connectivity index (χ0) is 16.5. The number of aliphatic imine (C=N–C) groups is 1. The second kappa shape index (κ2) is 6.57. The van der Waals surface area contributed by atoms with Crippen molar-refractivity contribution in [2.75, 3.05) is 24.2 Å². The summed E-state index contributed by atoms with van der Waals surface area (Å²) in [6.07, 6.45) is 2.48. The molecule has 1 aromatic carbocycles. The fourth-order valence-electron chi connectivity index (χ4n) is 3.12. The highest BCUT2D eigenvalue weighted by Crippen LogP contribution is 2.33. The van der Waals surface area contributed by atoms with Crippen LogP contribution in [0.25, 0.3) is 0 Å². The number of anilines is 1. The number of hydrogen-bond acceptors (Lipinski definition) is 5. The van der Waals surface area contributed by atoms with Gasteiger partial charge in [0.15, 0.2) is 5.17 Å². The third-order valence-electron chi connectivity index (χ3n) is 4.60. The third kappa shape index (κ3) is 3.06. The smallest absolute Gasteiger partial charge is 0.231 e. The molecule has 3 heterocycles. The number of hydrazone groups is 1. The number of carbonyl (C=O) groups is 1. The minimum atomic E-state index is -0.103. The van der Waals surface area contributed by atoms with Gasteiger partial charge < -0.3 is 10.1 Å². The average Bonchev–Trinajstić information content (AvgIpc) is 3.22. The minimum Gasteiger partial charge on any atom is -0.376 e. The van der Waals surface area contributed by atoms with Crippen molar-refractivity contribution in [3.63, 3.8) is 0 Å². The van der Waals surface area contributed by atoms with Crippen LogP contribution < -0.4 is 10.7 Å². The first-order valence-corrected chi connectivity index (χ1v) is 9.26. The van der Waals surface area contributed by atoms with Crippen LogP contribution in [-0.2, 0) is 9.53 Å². The molecule has 0 spiro atoms. The van der Waals surface area contributed by atoms with Crippen LogP contribution >= 0.6 is 11.8 Å². The van der Waals surface area contributed by atoms with Crippen molar-refractivity contribution in [3.05, 3.63) is 29.3 Å². The van der Waals surface area contributed by atoms with Gasteiger partial charge in [0.1, 0.15) is 0 Å². The molecule has 0 aliphatic carbocycles. The van der Waals surface area contributed by atoms with Gasteiger partial charge in [-0.1, -0.05) is 17.8 Å². The molecule has 1 fully saturated rings. The Morgan fingerprint density at radius 3 is 3.12 bits per heavy atom. The molecule has 1 aromatic rings. The molecule has 0 saturated carbocycles. The first-order chi connectivity index (χ1) is 11.7. The van der Waals surface area contributed by atoms with Crippen LogP contribution in [0.3, 0.4) is 0 Å². The fraction of sp³-hybridized carbons (Fsp3) is 0.471. The van der Waals surface area contributed by atoms with E-state index < -0.39 is 0 Å². The van der Waals surface area contributed by atoms with Crippen molar-refractivity contribution in [3.8, 4) is 0 Å². The Labute approximate surface area is 145 Å². The summed E-state index contributed by atoms with van der Waals surface area (Å²) < 4.78 is 5.58. The largest absolute Gasteiger partial charge is 0.376 e. The summed E-state index contributed by atoms with van der Waals surface area (Å²) in [5.74, 6) is 0.725. The number of amides is 1. The van der Waals surface area contributed by atoms with E-state index in [1.54, 1.807) is 11.8 Å². The van der Waals surface area contributed by atoms with E-state index in [1.165, 1.54) is 0 Å². The highest BCUT2D eigenvalue weighted by Gasteiger charge is 2.27. The van der Waals surface area contributed by atoms with Gasteiger partial charge in [-0.15, -0.1) is 0 Å². The number of hydrogen-bond donors (Lipinski definition) is 2. The Hall–Kier alpha value is -1.86. The number of benzene rings is 1. The molecule has 0 unspecified atom stereocenters. The van der Waals surface area contributed by atoms with Gasteiger partial charge in [0.05, 0.1) is 24.3 Å². The molecular weight excluding hydrogens is 324 g/mol. The highest BCUT2D eigenvalue weighted by molar-refractivity contribution is 8.14. The number of nitrogens with zero attached hydrogens (tertiary/aromatic N) is 2. The van der Waals surface area contributed by atoms with Crippen molar-refractivity contribution in [2.24, 2.45) is 10.1 Å². The van der Waals surface area contributed by atoms with Gasteiger partial charge in [-0.2, -0.15) is 5.10 Å². The Morgan fingerprint density at radius 1 is 1.46 bits per heavy atom. The van der Waals surface area contributed by atoms with Gasteiger partial charge in [0.2, 0.25) is 5.91 Å². The molecule has 24 heavy (non-hydrogen) atoms. The fourth-order valence-corrected chi connectivity index (χ4v) is 3.90. The quantitative estimate of drug-likeness (QED) is 0.882. The summed E-state index contributed by atoms with van der Waals surface area (Å²) in [6, 6.07) is 6.03. The van der Waals surface area contributed by atoms with Gasteiger partial charge >= 0.3 is 0 Å². The Kier molecular flexibility index (Phi) is 4.28. The lowest BCUT2D eigenvalue weighted by molar-refractivity contribution is -0.116. The first-order valence-electron chi connectivity index (χ1n) is 8.27. The maximum atomic E-state index is 11.8.